The number of halogens is 3. The number of nitrogens with zero attached hydrogens (tertiary/aromatic N) is 3. The Bertz CT molecular complexity index is 764. The number of likely N-dealkylation sites (tertiary alicyclic amines) is 1. The lowest BCUT2D eigenvalue weighted by Crippen LogP contribution is -2.46. The fourth-order valence-electron chi connectivity index (χ4n) is 4.15. The van der Waals surface area contributed by atoms with Crippen LogP contribution in [0, 0.1) is 22.0 Å². The van der Waals surface area contributed by atoms with E-state index in [1.165, 1.54) is 0 Å². The van der Waals surface area contributed by atoms with Crippen LogP contribution in [0.1, 0.15) is 31.2 Å². The highest BCUT2D eigenvalue weighted by Gasteiger charge is 2.36. The molecule has 1 aromatic carbocycles. The molecule has 2 heterocycles. The Balaban J connectivity index is 1.67. The third-order valence-corrected chi connectivity index (χ3v) is 5.77. The summed E-state index contributed by atoms with van der Waals surface area (Å²) in [6.45, 7) is 1.99. The van der Waals surface area contributed by atoms with E-state index in [1.807, 2.05) is 0 Å². The average molecular weight is 415 g/mol. The van der Waals surface area contributed by atoms with Crippen molar-refractivity contribution in [3.63, 3.8) is 0 Å². The Kier molecular flexibility index (Phi) is 6.30. The summed E-state index contributed by atoms with van der Waals surface area (Å²) >= 11 is 0. The minimum Gasteiger partial charge on any atom is -0.396 e. The molecule has 3 rings (SSSR count). The number of aliphatic hydroxyl groups excluding tert-OH is 1. The van der Waals surface area contributed by atoms with Crippen LogP contribution in [-0.2, 0) is 11.0 Å². The van der Waals surface area contributed by atoms with Gasteiger partial charge in [0.1, 0.15) is 5.69 Å². The molecule has 1 N–H and O–H groups in total. The van der Waals surface area contributed by atoms with Crippen LogP contribution in [0.3, 0.4) is 0 Å². The molecular formula is C19H24F3N3O4. The second-order valence-corrected chi connectivity index (χ2v) is 7.69. The van der Waals surface area contributed by atoms with Gasteiger partial charge in [0.15, 0.2) is 0 Å². The smallest absolute Gasteiger partial charge is 0.396 e. The van der Waals surface area contributed by atoms with Crippen molar-refractivity contribution < 1.29 is 28.0 Å². The van der Waals surface area contributed by atoms with Gasteiger partial charge in [0, 0.05) is 44.8 Å². The summed E-state index contributed by atoms with van der Waals surface area (Å²) in [5.41, 5.74) is -1.49. The molecule has 2 aliphatic rings. The molecule has 29 heavy (non-hydrogen) atoms. The summed E-state index contributed by atoms with van der Waals surface area (Å²) in [5.74, 6) is -0.0792. The minimum absolute atomic E-state index is 0.0321. The molecule has 1 amide bonds. The number of benzene rings is 1. The fraction of sp³-hybridized carbons (Fsp3) is 0.632. The maximum atomic E-state index is 12.9. The number of hydrogen-bond acceptors (Lipinski definition) is 5. The maximum Gasteiger partial charge on any atom is 0.416 e. The van der Waals surface area contributed by atoms with Gasteiger partial charge in [-0.2, -0.15) is 13.2 Å². The van der Waals surface area contributed by atoms with Gasteiger partial charge in [-0.15, -0.1) is 0 Å². The van der Waals surface area contributed by atoms with Gasteiger partial charge in [-0.05, 0) is 43.7 Å². The summed E-state index contributed by atoms with van der Waals surface area (Å²) in [6.07, 6.45) is -1.93. The van der Waals surface area contributed by atoms with E-state index in [-0.39, 0.29) is 30.0 Å². The predicted molar refractivity (Wildman–Crippen MR) is 99.4 cm³/mol. The Morgan fingerprint density at radius 2 is 1.90 bits per heavy atom. The molecule has 7 nitrogen and oxygen atoms in total. The number of piperidine rings is 2. The molecule has 1 atom stereocenters. The molecule has 0 saturated carbocycles. The van der Waals surface area contributed by atoms with Crippen LogP contribution in [0.25, 0.3) is 0 Å². The monoisotopic (exact) mass is 415 g/mol. The molecule has 160 valence electrons. The van der Waals surface area contributed by atoms with Gasteiger partial charge in [-0.1, -0.05) is 0 Å². The van der Waals surface area contributed by atoms with E-state index in [2.05, 4.69) is 0 Å². The molecule has 1 unspecified atom stereocenters. The summed E-state index contributed by atoms with van der Waals surface area (Å²) in [6, 6.07) is 2.55. The lowest BCUT2D eigenvalue weighted by atomic mass is 9.92. The first-order chi connectivity index (χ1) is 13.7. The van der Waals surface area contributed by atoms with E-state index in [9.17, 15) is 33.2 Å². The number of carbonyl (C=O) groups excluding carboxylic acids is 1. The van der Waals surface area contributed by atoms with Gasteiger partial charge in [0.05, 0.1) is 10.5 Å². The number of hydrogen-bond donors (Lipinski definition) is 1. The zero-order valence-corrected chi connectivity index (χ0v) is 15.9. The first-order valence-corrected chi connectivity index (χ1v) is 9.71. The van der Waals surface area contributed by atoms with Crippen molar-refractivity contribution in [2.75, 3.05) is 37.7 Å². The number of nitro groups is 1. The summed E-state index contributed by atoms with van der Waals surface area (Å²) in [5, 5.41) is 20.6. The molecule has 0 aliphatic carbocycles. The van der Waals surface area contributed by atoms with Crippen LogP contribution in [0.5, 0.6) is 0 Å². The van der Waals surface area contributed by atoms with Crippen molar-refractivity contribution in [1.82, 2.24) is 4.90 Å². The van der Waals surface area contributed by atoms with E-state index < -0.39 is 22.4 Å². The van der Waals surface area contributed by atoms with Crippen LogP contribution in [0.15, 0.2) is 18.2 Å². The summed E-state index contributed by atoms with van der Waals surface area (Å²) in [7, 11) is 0. The molecule has 10 heteroatoms. The Hall–Kier alpha value is -2.36. The highest BCUT2D eigenvalue weighted by atomic mass is 19.4. The third-order valence-electron chi connectivity index (χ3n) is 5.77. The van der Waals surface area contributed by atoms with Crippen molar-refractivity contribution >= 4 is 17.3 Å². The largest absolute Gasteiger partial charge is 0.416 e. The summed E-state index contributed by atoms with van der Waals surface area (Å²) < 4.78 is 38.6. The first-order valence-electron chi connectivity index (χ1n) is 9.71. The SMILES string of the molecule is O=C(C1CCN(c2ccc(C(F)(F)F)cc2[N+](=O)[O-])CC1)N1CCCC(CO)C1. The number of alkyl halides is 3. The fourth-order valence-corrected chi connectivity index (χ4v) is 4.15. The van der Waals surface area contributed by atoms with Gasteiger partial charge in [0.2, 0.25) is 5.91 Å². The van der Waals surface area contributed by atoms with Crippen molar-refractivity contribution in [3.05, 3.63) is 33.9 Å². The van der Waals surface area contributed by atoms with Crippen LogP contribution >= 0.6 is 0 Å². The quantitative estimate of drug-likeness (QED) is 0.603. The molecule has 1 aromatic rings. The topological polar surface area (TPSA) is 86.9 Å². The van der Waals surface area contributed by atoms with Crippen molar-refractivity contribution in [2.24, 2.45) is 11.8 Å². The van der Waals surface area contributed by atoms with Crippen LogP contribution < -0.4 is 4.90 Å². The number of nitro benzene ring substituents is 1. The van der Waals surface area contributed by atoms with Crippen molar-refractivity contribution in [3.8, 4) is 0 Å². The van der Waals surface area contributed by atoms with E-state index in [0.717, 1.165) is 25.0 Å². The number of amides is 1. The van der Waals surface area contributed by atoms with E-state index in [0.29, 0.717) is 45.1 Å². The minimum atomic E-state index is -4.65. The van der Waals surface area contributed by atoms with E-state index in [4.69, 9.17) is 0 Å². The highest BCUT2D eigenvalue weighted by Crippen LogP contribution is 2.38. The highest BCUT2D eigenvalue weighted by molar-refractivity contribution is 5.79. The number of anilines is 1. The van der Waals surface area contributed by atoms with Crippen molar-refractivity contribution in [1.29, 1.82) is 0 Å². The first kappa shape index (κ1) is 21.4. The molecule has 0 radical (unpaired) electrons. The number of aliphatic hydroxyl groups is 1. The van der Waals surface area contributed by atoms with E-state index in [1.54, 1.807) is 9.80 Å². The van der Waals surface area contributed by atoms with Crippen molar-refractivity contribution in [2.45, 2.75) is 31.9 Å². The van der Waals surface area contributed by atoms with Crippen LogP contribution in [-0.4, -0.2) is 53.6 Å². The van der Waals surface area contributed by atoms with Gasteiger partial charge < -0.3 is 14.9 Å². The average Bonchev–Trinajstić information content (AvgIpc) is 2.72. The van der Waals surface area contributed by atoms with Gasteiger partial charge >= 0.3 is 6.18 Å². The third kappa shape index (κ3) is 4.80. The number of rotatable bonds is 4. The Morgan fingerprint density at radius 3 is 2.48 bits per heavy atom. The van der Waals surface area contributed by atoms with Gasteiger partial charge in [0.25, 0.3) is 5.69 Å². The van der Waals surface area contributed by atoms with Gasteiger partial charge in [-0.3, -0.25) is 14.9 Å². The Morgan fingerprint density at radius 1 is 1.21 bits per heavy atom. The van der Waals surface area contributed by atoms with Crippen LogP contribution in [0.2, 0.25) is 0 Å². The molecule has 0 spiro atoms. The molecular weight excluding hydrogens is 391 g/mol. The molecule has 2 fully saturated rings. The maximum absolute atomic E-state index is 12.9. The summed E-state index contributed by atoms with van der Waals surface area (Å²) in [4.78, 5) is 26.8. The van der Waals surface area contributed by atoms with Crippen LogP contribution in [0.4, 0.5) is 24.5 Å². The number of carbonyl (C=O) groups is 1. The zero-order chi connectivity index (χ0) is 21.2. The second-order valence-electron chi connectivity index (χ2n) is 7.69. The zero-order valence-electron chi connectivity index (χ0n) is 15.9. The molecule has 2 aliphatic heterocycles. The predicted octanol–water partition coefficient (Wildman–Crippen LogP) is 3.06. The molecule has 0 bridgehead atoms. The molecule has 2 saturated heterocycles. The van der Waals surface area contributed by atoms with Gasteiger partial charge in [-0.25, -0.2) is 0 Å². The lowest BCUT2D eigenvalue weighted by molar-refractivity contribution is -0.384. The lowest BCUT2D eigenvalue weighted by Gasteiger charge is -2.38. The van der Waals surface area contributed by atoms with E-state index >= 15 is 0 Å². The molecule has 0 aromatic heterocycles. The Labute approximate surface area is 166 Å². The normalized spacial score (nSPS) is 21.3. The standard InChI is InChI=1S/C19H24F3N3O4/c20-19(21,22)15-3-4-16(17(10-15)25(28)29)23-8-5-14(6-9-23)18(27)24-7-1-2-13(11-24)12-26/h3-4,10,13-14,26H,1-2,5-9,11-12H2. The second kappa shape index (κ2) is 8.56.